The van der Waals surface area contributed by atoms with Gasteiger partial charge >= 0.3 is 0 Å². The number of halogens is 2. The second-order valence-electron chi connectivity index (χ2n) is 4.04. The van der Waals surface area contributed by atoms with Crippen LogP contribution in [0.3, 0.4) is 0 Å². The summed E-state index contributed by atoms with van der Waals surface area (Å²) in [7, 11) is 0. The minimum absolute atomic E-state index is 0.200. The summed E-state index contributed by atoms with van der Waals surface area (Å²) in [5.74, 6) is 1.17. The molecule has 0 N–H and O–H groups in total. The Hall–Kier alpha value is -0.570. The SMILES string of the molecule is CCCC1COc2cc(Br)c(F)cc2C1. The van der Waals surface area contributed by atoms with E-state index in [4.69, 9.17) is 4.74 Å². The summed E-state index contributed by atoms with van der Waals surface area (Å²) < 4.78 is 19.4. The Balaban J connectivity index is 2.22. The van der Waals surface area contributed by atoms with E-state index in [1.165, 1.54) is 0 Å². The number of fused-ring (bicyclic) bond motifs is 1. The van der Waals surface area contributed by atoms with Gasteiger partial charge in [-0.15, -0.1) is 0 Å². The van der Waals surface area contributed by atoms with E-state index in [2.05, 4.69) is 22.9 Å². The monoisotopic (exact) mass is 272 g/mol. The van der Waals surface area contributed by atoms with Gasteiger partial charge in [-0.05, 0) is 52.4 Å². The summed E-state index contributed by atoms with van der Waals surface area (Å²) in [5.41, 5.74) is 1.00. The van der Waals surface area contributed by atoms with Crippen molar-refractivity contribution in [2.24, 2.45) is 5.92 Å². The predicted molar refractivity (Wildman–Crippen MR) is 61.7 cm³/mol. The first-order valence-corrected chi connectivity index (χ1v) is 6.10. The molecule has 0 saturated carbocycles. The van der Waals surface area contributed by atoms with E-state index in [9.17, 15) is 4.39 Å². The minimum Gasteiger partial charge on any atom is -0.493 e. The highest BCUT2D eigenvalue weighted by atomic mass is 79.9. The number of benzene rings is 1. The van der Waals surface area contributed by atoms with Crippen molar-refractivity contribution < 1.29 is 9.13 Å². The van der Waals surface area contributed by atoms with Crippen LogP contribution in [0.5, 0.6) is 5.75 Å². The van der Waals surface area contributed by atoms with Crippen LogP contribution in [-0.2, 0) is 6.42 Å². The Morgan fingerprint density at radius 2 is 2.33 bits per heavy atom. The maximum Gasteiger partial charge on any atom is 0.137 e. The van der Waals surface area contributed by atoms with Crippen molar-refractivity contribution in [1.82, 2.24) is 0 Å². The van der Waals surface area contributed by atoms with Gasteiger partial charge in [0.05, 0.1) is 11.1 Å². The molecule has 82 valence electrons. The van der Waals surface area contributed by atoms with Crippen LogP contribution in [0.25, 0.3) is 0 Å². The lowest BCUT2D eigenvalue weighted by molar-refractivity contribution is 0.212. The average molecular weight is 273 g/mol. The molecule has 0 spiro atoms. The van der Waals surface area contributed by atoms with Crippen LogP contribution in [-0.4, -0.2) is 6.61 Å². The van der Waals surface area contributed by atoms with Crippen LogP contribution >= 0.6 is 15.9 Å². The van der Waals surface area contributed by atoms with Crippen LogP contribution < -0.4 is 4.74 Å². The molecule has 3 heteroatoms. The van der Waals surface area contributed by atoms with Crippen molar-refractivity contribution in [2.45, 2.75) is 26.2 Å². The van der Waals surface area contributed by atoms with E-state index in [-0.39, 0.29) is 5.82 Å². The van der Waals surface area contributed by atoms with Crippen molar-refractivity contribution in [3.8, 4) is 5.75 Å². The van der Waals surface area contributed by atoms with Crippen molar-refractivity contribution in [3.63, 3.8) is 0 Å². The van der Waals surface area contributed by atoms with Crippen molar-refractivity contribution in [3.05, 3.63) is 28.0 Å². The van der Waals surface area contributed by atoms with Crippen molar-refractivity contribution in [1.29, 1.82) is 0 Å². The molecule has 1 atom stereocenters. The van der Waals surface area contributed by atoms with Gasteiger partial charge < -0.3 is 4.74 Å². The normalized spacial score (nSPS) is 19.5. The first kappa shape index (κ1) is 10.9. The number of hydrogen-bond acceptors (Lipinski definition) is 1. The summed E-state index contributed by atoms with van der Waals surface area (Å²) in [5, 5.41) is 0. The zero-order valence-corrected chi connectivity index (χ0v) is 10.3. The topological polar surface area (TPSA) is 9.23 Å². The van der Waals surface area contributed by atoms with Gasteiger partial charge in [-0.1, -0.05) is 13.3 Å². The third kappa shape index (κ3) is 2.33. The van der Waals surface area contributed by atoms with E-state index < -0.39 is 0 Å². The summed E-state index contributed by atoms with van der Waals surface area (Å²) >= 11 is 3.17. The Morgan fingerprint density at radius 1 is 1.53 bits per heavy atom. The first-order chi connectivity index (χ1) is 7.20. The molecule has 0 aromatic heterocycles. The molecule has 1 aromatic rings. The molecule has 1 heterocycles. The smallest absolute Gasteiger partial charge is 0.137 e. The van der Waals surface area contributed by atoms with E-state index in [0.717, 1.165) is 37.2 Å². The van der Waals surface area contributed by atoms with E-state index >= 15 is 0 Å². The van der Waals surface area contributed by atoms with Crippen LogP contribution in [0.15, 0.2) is 16.6 Å². The molecule has 0 fully saturated rings. The average Bonchev–Trinajstić information content (AvgIpc) is 2.21. The van der Waals surface area contributed by atoms with Gasteiger partial charge in [-0.2, -0.15) is 0 Å². The Bertz CT molecular complexity index is 365. The van der Waals surface area contributed by atoms with Crippen LogP contribution in [0.4, 0.5) is 4.39 Å². The Kier molecular flexibility index (Phi) is 3.29. The van der Waals surface area contributed by atoms with Crippen LogP contribution in [0.1, 0.15) is 25.3 Å². The van der Waals surface area contributed by atoms with Gasteiger partial charge in [0.1, 0.15) is 11.6 Å². The second kappa shape index (κ2) is 4.52. The van der Waals surface area contributed by atoms with Crippen LogP contribution in [0, 0.1) is 11.7 Å². The summed E-state index contributed by atoms with van der Waals surface area (Å²) in [6.45, 7) is 2.93. The molecule has 15 heavy (non-hydrogen) atoms. The van der Waals surface area contributed by atoms with Crippen molar-refractivity contribution in [2.75, 3.05) is 6.61 Å². The molecular weight excluding hydrogens is 259 g/mol. The van der Waals surface area contributed by atoms with Crippen molar-refractivity contribution >= 4 is 15.9 Å². The van der Waals surface area contributed by atoms with Gasteiger partial charge in [0.25, 0.3) is 0 Å². The van der Waals surface area contributed by atoms with E-state index in [1.54, 1.807) is 12.1 Å². The highest BCUT2D eigenvalue weighted by molar-refractivity contribution is 9.10. The fourth-order valence-corrected chi connectivity index (χ4v) is 2.36. The van der Waals surface area contributed by atoms with Gasteiger partial charge in [-0.25, -0.2) is 4.39 Å². The molecular formula is C12H14BrFO. The zero-order chi connectivity index (χ0) is 10.8. The van der Waals surface area contributed by atoms with Gasteiger partial charge in [0.2, 0.25) is 0 Å². The highest BCUT2D eigenvalue weighted by Crippen LogP contribution is 2.33. The minimum atomic E-state index is -0.200. The molecule has 1 unspecified atom stereocenters. The fourth-order valence-electron chi connectivity index (χ4n) is 2.03. The second-order valence-corrected chi connectivity index (χ2v) is 4.90. The molecule has 1 nitrogen and oxygen atoms in total. The Morgan fingerprint density at radius 3 is 3.07 bits per heavy atom. The largest absolute Gasteiger partial charge is 0.493 e. The molecule has 1 aliphatic heterocycles. The third-order valence-corrected chi connectivity index (χ3v) is 3.39. The zero-order valence-electron chi connectivity index (χ0n) is 8.72. The molecule has 0 radical (unpaired) electrons. The Labute approximate surface area is 97.8 Å². The predicted octanol–water partition coefficient (Wildman–Crippen LogP) is 3.94. The highest BCUT2D eigenvalue weighted by Gasteiger charge is 2.20. The van der Waals surface area contributed by atoms with E-state index in [0.29, 0.717) is 10.4 Å². The number of hydrogen-bond donors (Lipinski definition) is 0. The molecule has 2 rings (SSSR count). The molecule has 0 aliphatic carbocycles. The lowest BCUT2D eigenvalue weighted by Crippen LogP contribution is -2.20. The first-order valence-electron chi connectivity index (χ1n) is 5.31. The third-order valence-electron chi connectivity index (χ3n) is 2.78. The summed E-state index contributed by atoms with van der Waals surface area (Å²) in [4.78, 5) is 0. The molecule has 0 saturated heterocycles. The summed E-state index contributed by atoms with van der Waals surface area (Å²) in [6, 6.07) is 3.31. The molecule has 1 aromatic carbocycles. The van der Waals surface area contributed by atoms with E-state index in [1.807, 2.05) is 0 Å². The maximum atomic E-state index is 13.3. The number of rotatable bonds is 2. The maximum absolute atomic E-state index is 13.3. The summed E-state index contributed by atoms with van der Waals surface area (Å²) in [6.07, 6.45) is 3.24. The lowest BCUT2D eigenvalue weighted by atomic mass is 9.93. The van der Waals surface area contributed by atoms with Gasteiger partial charge in [0.15, 0.2) is 0 Å². The number of ether oxygens (including phenoxy) is 1. The molecule has 1 aliphatic rings. The van der Waals surface area contributed by atoms with Gasteiger partial charge in [-0.3, -0.25) is 0 Å². The fraction of sp³-hybridized carbons (Fsp3) is 0.500. The van der Waals surface area contributed by atoms with Crippen LogP contribution in [0.2, 0.25) is 0 Å². The lowest BCUT2D eigenvalue weighted by Gasteiger charge is -2.25. The van der Waals surface area contributed by atoms with Gasteiger partial charge in [0, 0.05) is 0 Å². The quantitative estimate of drug-likeness (QED) is 0.793. The standard InChI is InChI=1S/C12H14BrFO/c1-2-3-8-4-9-5-11(14)10(13)6-12(9)15-7-8/h5-6,8H,2-4,7H2,1H3. The molecule has 0 amide bonds. The molecule has 0 bridgehead atoms.